The van der Waals surface area contributed by atoms with Crippen molar-refractivity contribution in [3.05, 3.63) is 231 Å². The largest absolute Gasteiger partial charge is 0.455 e. The van der Waals surface area contributed by atoms with Gasteiger partial charge in [0.1, 0.15) is 11.2 Å². The van der Waals surface area contributed by atoms with Gasteiger partial charge < -0.3 is 13.9 Å². The fraction of sp³-hybridized carbons (Fsp3) is 0. The van der Waals surface area contributed by atoms with Gasteiger partial charge in [-0.1, -0.05) is 158 Å². The highest BCUT2D eigenvalue weighted by atomic mass is 32.1. The van der Waals surface area contributed by atoms with Crippen LogP contribution in [0, 0.1) is 0 Å². The van der Waals surface area contributed by atoms with Crippen LogP contribution in [0.15, 0.2) is 235 Å². The molecule has 11 aromatic carbocycles. The number of anilines is 3. The first-order valence-electron chi connectivity index (χ1n) is 22.5. The number of hydrogen-bond acceptors (Lipinski definition) is 3. The molecule has 0 N–H and O–H groups in total. The van der Waals surface area contributed by atoms with E-state index in [1.807, 2.05) is 11.3 Å². The highest BCUT2D eigenvalue weighted by molar-refractivity contribution is 7.25. The third kappa shape index (κ3) is 5.55. The summed E-state index contributed by atoms with van der Waals surface area (Å²) in [5, 5.41) is 12.0. The molecule has 0 amide bonds. The van der Waals surface area contributed by atoms with Crippen molar-refractivity contribution in [2.75, 3.05) is 4.90 Å². The molecule has 0 saturated heterocycles. The lowest BCUT2D eigenvalue weighted by Crippen LogP contribution is -2.13. The van der Waals surface area contributed by atoms with Gasteiger partial charge in [0, 0.05) is 58.4 Å². The fourth-order valence-corrected chi connectivity index (χ4v) is 11.7. The summed E-state index contributed by atoms with van der Waals surface area (Å²) in [5.41, 5.74) is 12.7. The maximum Gasteiger partial charge on any atom is 0.145 e. The Morgan fingerprint density at radius 2 is 1.02 bits per heavy atom. The number of nitrogens with zero attached hydrogens (tertiary/aromatic N) is 2. The fourth-order valence-electron chi connectivity index (χ4n) is 10.6. The number of hydrogen-bond donors (Lipinski definition) is 0. The Labute approximate surface area is 384 Å². The summed E-state index contributed by atoms with van der Waals surface area (Å²) in [6.45, 7) is 0. The Hall–Kier alpha value is -8.44. The molecule has 0 spiro atoms. The van der Waals surface area contributed by atoms with Gasteiger partial charge in [0.15, 0.2) is 0 Å². The minimum atomic E-state index is 0.850. The molecule has 0 radical (unpaired) electrons. The molecule has 0 aliphatic rings. The summed E-state index contributed by atoms with van der Waals surface area (Å²) < 4.78 is 12.2. The molecule has 14 aromatic rings. The van der Waals surface area contributed by atoms with Gasteiger partial charge in [0.25, 0.3) is 0 Å². The zero-order valence-electron chi connectivity index (χ0n) is 35.7. The summed E-state index contributed by atoms with van der Waals surface area (Å²) in [7, 11) is 0. The maximum absolute atomic E-state index is 7.13. The first-order chi connectivity index (χ1) is 32.7. The van der Waals surface area contributed by atoms with Crippen molar-refractivity contribution in [1.82, 2.24) is 4.57 Å². The molecule has 3 nitrogen and oxygen atoms in total. The van der Waals surface area contributed by atoms with Crippen molar-refractivity contribution in [2.45, 2.75) is 0 Å². The van der Waals surface area contributed by atoms with Crippen LogP contribution in [-0.2, 0) is 0 Å². The van der Waals surface area contributed by atoms with Gasteiger partial charge in [0.05, 0.1) is 33.7 Å². The number of aromatic nitrogens is 1. The monoisotopic (exact) mass is 858 g/mol. The predicted molar refractivity (Wildman–Crippen MR) is 282 cm³/mol. The van der Waals surface area contributed by atoms with Crippen LogP contribution in [0.4, 0.5) is 17.1 Å². The van der Waals surface area contributed by atoms with E-state index >= 15 is 0 Å². The molecule has 0 bridgehead atoms. The van der Waals surface area contributed by atoms with Crippen molar-refractivity contribution in [3.63, 3.8) is 0 Å². The first kappa shape index (κ1) is 37.0. The zero-order chi connectivity index (χ0) is 43.3. The van der Waals surface area contributed by atoms with Crippen LogP contribution in [0.3, 0.4) is 0 Å². The lowest BCUT2D eigenvalue weighted by molar-refractivity contribution is 0.670. The topological polar surface area (TPSA) is 21.3 Å². The Balaban J connectivity index is 1.10. The molecule has 0 aliphatic carbocycles. The van der Waals surface area contributed by atoms with E-state index in [2.05, 4.69) is 240 Å². The van der Waals surface area contributed by atoms with Gasteiger partial charge in [-0.2, -0.15) is 0 Å². The van der Waals surface area contributed by atoms with E-state index < -0.39 is 0 Å². The number of thiophene rings is 1. The molecule has 3 heterocycles. The number of para-hydroxylation sites is 4. The number of furan rings is 1. The molecule has 3 aromatic heterocycles. The van der Waals surface area contributed by atoms with Gasteiger partial charge in [-0.05, 0) is 100 Å². The molecule has 0 saturated carbocycles. The summed E-state index contributed by atoms with van der Waals surface area (Å²) in [6, 6.07) is 84.1. The summed E-state index contributed by atoms with van der Waals surface area (Å²) >= 11 is 1.85. The van der Waals surface area contributed by atoms with Crippen LogP contribution < -0.4 is 4.90 Å². The van der Waals surface area contributed by atoms with Crippen LogP contribution in [0.2, 0.25) is 0 Å². The molecule has 4 heteroatoms. The van der Waals surface area contributed by atoms with Crippen molar-refractivity contribution in [1.29, 1.82) is 0 Å². The molecule has 0 unspecified atom stereocenters. The second-order valence-corrected chi connectivity index (χ2v) is 18.3. The van der Waals surface area contributed by atoms with Crippen molar-refractivity contribution < 1.29 is 4.42 Å². The van der Waals surface area contributed by atoms with Gasteiger partial charge in [-0.25, -0.2) is 0 Å². The lowest BCUT2D eigenvalue weighted by atomic mass is 9.94. The second kappa shape index (κ2) is 14.5. The van der Waals surface area contributed by atoms with E-state index in [9.17, 15) is 0 Å². The normalized spacial score (nSPS) is 11.9. The molecule has 0 aliphatic heterocycles. The average molecular weight is 859 g/mol. The molecular weight excluding hydrogens is 821 g/mol. The average Bonchev–Trinajstić information content (AvgIpc) is 4.06. The van der Waals surface area contributed by atoms with Crippen molar-refractivity contribution >= 4 is 114 Å². The molecule has 14 rings (SSSR count). The second-order valence-electron chi connectivity index (χ2n) is 17.2. The zero-order valence-corrected chi connectivity index (χ0v) is 36.5. The summed E-state index contributed by atoms with van der Waals surface area (Å²) in [5.74, 6) is 0. The van der Waals surface area contributed by atoms with E-state index in [1.54, 1.807) is 0 Å². The number of rotatable bonds is 6. The third-order valence-electron chi connectivity index (χ3n) is 13.6. The van der Waals surface area contributed by atoms with E-state index in [1.165, 1.54) is 58.1 Å². The van der Waals surface area contributed by atoms with Gasteiger partial charge in [0.2, 0.25) is 0 Å². The molecule has 0 fully saturated rings. The van der Waals surface area contributed by atoms with Crippen LogP contribution in [-0.4, -0.2) is 4.57 Å². The Bertz CT molecular complexity index is 4210. The maximum atomic E-state index is 7.13. The van der Waals surface area contributed by atoms with Crippen LogP contribution >= 0.6 is 11.3 Å². The SMILES string of the molecule is c1cc(-c2ccc3sc4ccccc4c3c2)cc(N(c2ccc3c(oc4ccccc43)c2-c2ccccc2-n2c3ccccc3c3ccccc32)c2cc3ccccc3c3ccccc23)c1. The number of benzene rings is 11. The minimum absolute atomic E-state index is 0.850. The van der Waals surface area contributed by atoms with Crippen molar-refractivity contribution in [2.24, 2.45) is 0 Å². The van der Waals surface area contributed by atoms with Crippen molar-refractivity contribution in [3.8, 4) is 27.9 Å². The van der Waals surface area contributed by atoms with E-state index in [0.717, 1.165) is 72.4 Å². The highest BCUT2D eigenvalue weighted by Gasteiger charge is 2.27. The van der Waals surface area contributed by atoms with E-state index in [4.69, 9.17) is 4.42 Å². The smallest absolute Gasteiger partial charge is 0.145 e. The Kier molecular flexibility index (Phi) is 8.15. The summed E-state index contributed by atoms with van der Waals surface area (Å²) in [6.07, 6.45) is 0. The lowest BCUT2D eigenvalue weighted by Gasteiger charge is -2.30. The van der Waals surface area contributed by atoms with Gasteiger partial charge in [-0.3, -0.25) is 0 Å². The molecule has 308 valence electrons. The Morgan fingerprint density at radius 3 is 1.85 bits per heavy atom. The predicted octanol–water partition coefficient (Wildman–Crippen LogP) is 18.2. The number of fused-ring (bicyclic) bond motifs is 12. The molecular formula is C62H38N2OS. The molecule has 66 heavy (non-hydrogen) atoms. The highest BCUT2D eigenvalue weighted by Crippen LogP contribution is 2.51. The van der Waals surface area contributed by atoms with E-state index in [0.29, 0.717) is 0 Å². The first-order valence-corrected chi connectivity index (χ1v) is 23.3. The van der Waals surface area contributed by atoms with E-state index in [-0.39, 0.29) is 0 Å². The standard InChI is InChI=1S/C62H38N2OS/c1-2-19-43-41(16-1)38-57(45-21-4-3-20-44(43)45)63(42-18-15-17-39(36-42)40-32-35-60-52(37-40)49-25-9-14-31-59(49)66-60)56-34-33-50-48-24-8-13-30-58(48)65-62(50)61(56)51-26-7-12-29-55(51)64-53-27-10-5-22-46(53)47-23-6-11-28-54(47)64/h1-38H. The molecule has 0 atom stereocenters. The quantitative estimate of drug-likeness (QED) is 0.155. The van der Waals surface area contributed by atoms with Crippen LogP contribution in [0.25, 0.3) is 113 Å². The van der Waals surface area contributed by atoms with Gasteiger partial charge >= 0.3 is 0 Å². The summed E-state index contributed by atoms with van der Waals surface area (Å²) in [4.78, 5) is 2.49. The minimum Gasteiger partial charge on any atom is -0.455 e. The Morgan fingerprint density at radius 1 is 0.379 bits per heavy atom. The third-order valence-corrected chi connectivity index (χ3v) is 14.7. The van der Waals surface area contributed by atoms with Gasteiger partial charge in [-0.15, -0.1) is 11.3 Å². The van der Waals surface area contributed by atoms with Crippen LogP contribution in [0.1, 0.15) is 0 Å². The van der Waals surface area contributed by atoms with Crippen LogP contribution in [0.5, 0.6) is 0 Å².